The Morgan fingerprint density at radius 2 is 2.00 bits per heavy atom. The lowest BCUT2D eigenvalue weighted by molar-refractivity contribution is -0.173. The summed E-state index contributed by atoms with van der Waals surface area (Å²) >= 11 is 0. The van der Waals surface area contributed by atoms with Crippen molar-refractivity contribution < 1.29 is 23.0 Å². The average Bonchev–Trinajstić information content (AvgIpc) is 2.37. The minimum absolute atomic E-state index is 0.0399. The molecule has 3 nitrogen and oxygen atoms in total. The average molecular weight is 258 g/mol. The fourth-order valence-corrected chi connectivity index (χ4v) is 1.68. The fourth-order valence-electron chi connectivity index (χ4n) is 1.68. The molecule has 0 spiro atoms. The second kappa shape index (κ2) is 5.80. The van der Waals surface area contributed by atoms with Crippen molar-refractivity contribution in [2.24, 2.45) is 0 Å². The molecular weight excluding hydrogens is 242 g/mol. The number of alkyl halides is 2. The summed E-state index contributed by atoms with van der Waals surface area (Å²) in [5.74, 6) is -5.22. The third-order valence-electron chi connectivity index (χ3n) is 2.55. The highest BCUT2D eigenvalue weighted by Gasteiger charge is 2.45. The molecule has 0 aliphatic carbocycles. The Kier molecular flexibility index (Phi) is 4.64. The van der Waals surface area contributed by atoms with Gasteiger partial charge in [0.05, 0.1) is 19.3 Å². The highest BCUT2D eigenvalue weighted by Crippen LogP contribution is 2.38. The van der Waals surface area contributed by atoms with E-state index in [1.54, 1.807) is 6.07 Å². The van der Waals surface area contributed by atoms with Crippen molar-refractivity contribution in [2.75, 3.05) is 13.7 Å². The number of esters is 1. The molecule has 100 valence electrons. The van der Waals surface area contributed by atoms with Gasteiger partial charge in [-0.05, 0) is 25.0 Å². The lowest BCUT2D eigenvalue weighted by Crippen LogP contribution is -2.29. The Balaban J connectivity index is 3.27. The van der Waals surface area contributed by atoms with Crippen molar-refractivity contribution in [1.29, 1.82) is 0 Å². The summed E-state index contributed by atoms with van der Waals surface area (Å²) in [5, 5.41) is 0. The Morgan fingerprint density at radius 1 is 1.33 bits per heavy atom. The van der Waals surface area contributed by atoms with E-state index in [0.29, 0.717) is 12.0 Å². The molecule has 0 saturated heterocycles. The number of rotatable bonds is 5. The third-order valence-corrected chi connectivity index (χ3v) is 2.55. The SMILES string of the molecule is CCOC(=O)C(F)(F)c1cccc(CC)c1OC. The van der Waals surface area contributed by atoms with E-state index in [-0.39, 0.29) is 12.4 Å². The maximum absolute atomic E-state index is 13.9. The summed E-state index contributed by atoms with van der Waals surface area (Å²) in [5.41, 5.74) is 0.168. The number of benzene rings is 1. The number of aryl methyl sites for hydroxylation is 1. The molecule has 0 N–H and O–H groups in total. The highest BCUT2D eigenvalue weighted by atomic mass is 19.3. The molecule has 0 amide bonds. The van der Waals surface area contributed by atoms with Gasteiger partial charge in [-0.15, -0.1) is 0 Å². The summed E-state index contributed by atoms with van der Waals surface area (Å²) in [7, 11) is 1.30. The number of hydrogen-bond acceptors (Lipinski definition) is 3. The fraction of sp³-hybridized carbons (Fsp3) is 0.462. The van der Waals surface area contributed by atoms with E-state index < -0.39 is 17.5 Å². The van der Waals surface area contributed by atoms with E-state index in [0.717, 1.165) is 0 Å². The summed E-state index contributed by atoms with van der Waals surface area (Å²) in [6.45, 7) is 3.21. The molecule has 5 heteroatoms. The molecule has 1 aromatic carbocycles. The Bertz CT molecular complexity index is 430. The van der Waals surface area contributed by atoms with Gasteiger partial charge < -0.3 is 9.47 Å². The van der Waals surface area contributed by atoms with Gasteiger partial charge in [0.15, 0.2) is 0 Å². The van der Waals surface area contributed by atoms with Crippen molar-refractivity contribution in [3.8, 4) is 5.75 Å². The monoisotopic (exact) mass is 258 g/mol. The van der Waals surface area contributed by atoms with Crippen LogP contribution in [-0.2, 0) is 21.9 Å². The molecule has 0 saturated carbocycles. The number of ether oxygens (including phenoxy) is 2. The van der Waals surface area contributed by atoms with Gasteiger partial charge in [0.2, 0.25) is 0 Å². The van der Waals surface area contributed by atoms with Gasteiger partial charge in [-0.25, -0.2) is 4.79 Å². The smallest absolute Gasteiger partial charge is 0.382 e. The van der Waals surface area contributed by atoms with Crippen molar-refractivity contribution in [3.63, 3.8) is 0 Å². The van der Waals surface area contributed by atoms with Gasteiger partial charge >= 0.3 is 11.9 Å². The van der Waals surface area contributed by atoms with Gasteiger partial charge in [-0.1, -0.05) is 19.1 Å². The topological polar surface area (TPSA) is 35.5 Å². The first kappa shape index (κ1) is 14.4. The standard InChI is InChI=1S/C13H16F2O3/c1-4-9-7-6-8-10(11(9)17-3)13(14,15)12(16)18-5-2/h6-8H,4-5H2,1-3H3. The van der Waals surface area contributed by atoms with Crippen LogP contribution < -0.4 is 4.74 Å². The molecule has 0 aromatic heterocycles. The van der Waals surface area contributed by atoms with Crippen molar-refractivity contribution >= 4 is 5.97 Å². The molecule has 0 radical (unpaired) electrons. The molecule has 0 aliphatic heterocycles. The molecule has 18 heavy (non-hydrogen) atoms. The number of hydrogen-bond donors (Lipinski definition) is 0. The Labute approximate surface area is 105 Å². The lowest BCUT2D eigenvalue weighted by atomic mass is 10.0. The quantitative estimate of drug-likeness (QED) is 0.762. The first-order valence-electron chi connectivity index (χ1n) is 5.70. The molecule has 0 aliphatic rings. The molecule has 1 rings (SSSR count). The van der Waals surface area contributed by atoms with Crippen LogP contribution in [0.3, 0.4) is 0 Å². The predicted molar refractivity (Wildman–Crippen MR) is 62.9 cm³/mol. The lowest BCUT2D eigenvalue weighted by Gasteiger charge is -2.19. The first-order chi connectivity index (χ1) is 8.48. The summed E-state index contributed by atoms with van der Waals surface area (Å²) < 4.78 is 37.3. The molecule has 0 bridgehead atoms. The largest absolute Gasteiger partial charge is 0.496 e. The van der Waals surface area contributed by atoms with E-state index in [1.807, 2.05) is 6.92 Å². The molecule has 0 heterocycles. The van der Waals surface area contributed by atoms with Crippen LogP contribution in [0.25, 0.3) is 0 Å². The Hall–Kier alpha value is -1.65. The number of para-hydroxylation sites is 1. The zero-order valence-corrected chi connectivity index (χ0v) is 10.6. The molecule has 1 aromatic rings. The van der Waals surface area contributed by atoms with Gasteiger partial charge in [0, 0.05) is 0 Å². The van der Waals surface area contributed by atoms with Crippen molar-refractivity contribution in [2.45, 2.75) is 26.2 Å². The van der Waals surface area contributed by atoms with Crippen LogP contribution in [0.1, 0.15) is 25.0 Å². The summed E-state index contributed by atoms with van der Waals surface area (Å²) in [6.07, 6.45) is 0.538. The number of halogens is 2. The van der Waals surface area contributed by atoms with E-state index in [1.165, 1.54) is 26.2 Å². The third kappa shape index (κ3) is 2.60. The second-order valence-corrected chi connectivity index (χ2v) is 3.65. The van der Waals surface area contributed by atoms with Crippen LogP contribution >= 0.6 is 0 Å². The normalized spacial score (nSPS) is 11.2. The van der Waals surface area contributed by atoms with Gasteiger partial charge in [-0.2, -0.15) is 8.78 Å². The van der Waals surface area contributed by atoms with Gasteiger partial charge in [-0.3, -0.25) is 0 Å². The number of carbonyl (C=O) groups is 1. The minimum Gasteiger partial charge on any atom is -0.496 e. The van der Waals surface area contributed by atoms with Gasteiger partial charge in [0.25, 0.3) is 0 Å². The molecule has 0 atom stereocenters. The van der Waals surface area contributed by atoms with Gasteiger partial charge in [0.1, 0.15) is 5.75 Å². The zero-order chi connectivity index (χ0) is 13.8. The van der Waals surface area contributed by atoms with Crippen LogP contribution in [0.15, 0.2) is 18.2 Å². The van der Waals surface area contributed by atoms with E-state index >= 15 is 0 Å². The Morgan fingerprint density at radius 3 is 2.50 bits per heavy atom. The molecule has 0 unspecified atom stereocenters. The maximum atomic E-state index is 13.9. The molecule has 0 fully saturated rings. The van der Waals surface area contributed by atoms with Crippen molar-refractivity contribution in [3.05, 3.63) is 29.3 Å². The predicted octanol–water partition coefficient (Wildman–Crippen LogP) is 2.91. The highest BCUT2D eigenvalue weighted by molar-refractivity contribution is 5.80. The van der Waals surface area contributed by atoms with Crippen LogP contribution in [0.5, 0.6) is 5.75 Å². The van der Waals surface area contributed by atoms with Crippen molar-refractivity contribution in [1.82, 2.24) is 0 Å². The van der Waals surface area contributed by atoms with E-state index in [4.69, 9.17) is 4.74 Å². The summed E-state index contributed by atoms with van der Waals surface area (Å²) in [4.78, 5) is 11.3. The number of methoxy groups -OCH3 is 1. The second-order valence-electron chi connectivity index (χ2n) is 3.65. The van der Waals surface area contributed by atoms with E-state index in [9.17, 15) is 13.6 Å². The summed E-state index contributed by atoms with van der Waals surface area (Å²) in [6, 6.07) is 4.34. The van der Waals surface area contributed by atoms with Crippen LogP contribution in [0.2, 0.25) is 0 Å². The van der Waals surface area contributed by atoms with E-state index in [2.05, 4.69) is 4.74 Å². The van der Waals surface area contributed by atoms with Crippen LogP contribution in [0, 0.1) is 0 Å². The number of carbonyl (C=O) groups excluding carboxylic acids is 1. The first-order valence-corrected chi connectivity index (χ1v) is 5.70. The zero-order valence-electron chi connectivity index (χ0n) is 10.6. The maximum Gasteiger partial charge on any atom is 0.382 e. The van der Waals surface area contributed by atoms with Crippen LogP contribution in [-0.4, -0.2) is 19.7 Å². The molecular formula is C13H16F2O3. The minimum atomic E-state index is -3.70. The van der Waals surface area contributed by atoms with Crippen LogP contribution in [0.4, 0.5) is 8.78 Å².